The lowest BCUT2D eigenvalue weighted by Gasteiger charge is -2.34. The number of nitrogens with two attached hydrogens (primary N) is 1. The minimum absolute atomic E-state index is 0.0616. The van der Waals surface area contributed by atoms with E-state index in [-0.39, 0.29) is 23.0 Å². The van der Waals surface area contributed by atoms with E-state index in [2.05, 4.69) is 4.72 Å². The van der Waals surface area contributed by atoms with Gasteiger partial charge in [0, 0.05) is 38.8 Å². The summed E-state index contributed by atoms with van der Waals surface area (Å²) in [6, 6.07) is 4.02. The number of hydrogen-bond donors (Lipinski definition) is 2. The molecule has 2 fully saturated rings. The van der Waals surface area contributed by atoms with Crippen molar-refractivity contribution >= 4 is 31.6 Å². The minimum atomic E-state index is -3.81. The molecule has 30 heavy (non-hydrogen) atoms. The number of nitrogens with zero attached hydrogens (tertiary/aromatic N) is 3. The normalized spacial score (nSPS) is 21.5. The molecule has 0 amide bonds. The number of hydrogen-bond acceptors (Lipinski definition) is 7. The van der Waals surface area contributed by atoms with E-state index in [0.717, 1.165) is 38.2 Å². The molecule has 0 aromatic heterocycles. The highest BCUT2D eigenvalue weighted by Gasteiger charge is 2.31. The van der Waals surface area contributed by atoms with Crippen molar-refractivity contribution in [2.24, 2.45) is 11.1 Å². The van der Waals surface area contributed by atoms with Gasteiger partial charge in [0.1, 0.15) is 5.69 Å². The van der Waals surface area contributed by atoms with Gasteiger partial charge in [0.25, 0.3) is 15.9 Å². The predicted octanol–water partition coefficient (Wildman–Crippen LogP) is 0.779. The highest BCUT2D eigenvalue weighted by Crippen LogP contribution is 2.34. The van der Waals surface area contributed by atoms with Crippen LogP contribution in [0.15, 0.2) is 23.1 Å². The van der Waals surface area contributed by atoms with Crippen molar-refractivity contribution in [1.82, 2.24) is 9.03 Å². The number of anilines is 1. The largest absolute Gasteiger partial charge is 0.366 e. The molecular weight excluding hydrogens is 434 g/mol. The Hall–Kier alpha value is -1.80. The van der Waals surface area contributed by atoms with E-state index in [0.29, 0.717) is 31.9 Å². The van der Waals surface area contributed by atoms with Crippen molar-refractivity contribution in [1.29, 1.82) is 0 Å². The molecular formula is C17H27N5O6S2. The maximum absolute atomic E-state index is 12.9. The van der Waals surface area contributed by atoms with Crippen molar-refractivity contribution in [2.45, 2.75) is 37.0 Å². The lowest BCUT2D eigenvalue weighted by molar-refractivity contribution is -0.384. The second-order valence-corrected chi connectivity index (χ2v) is 11.0. The van der Waals surface area contributed by atoms with E-state index in [9.17, 15) is 26.9 Å². The summed E-state index contributed by atoms with van der Waals surface area (Å²) < 4.78 is 51.7. The van der Waals surface area contributed by atoms with Gasteiger partial charge in [-0.25, -0.2) is 18.3 Å². The van der Waals surface area contributed by atoms with E-state index in [1.165, 1.54) is 16.4 Å². The van der Waals surface area contributed by atoms with Crippen LogP contribution in [0.2, 0.25) is 0 Å². The molecule has 2 saturated heterocycles. The highest BCUT2D eigenvalue weighted by molar-refractivity contribution is 7.89. The first-order valence-corrected chi connectivity index (χ1v) is 12.9. The van der Waals surface area contributed by atoms with Crippen LogP contribution < -0.4 is 14.8 Å². The van der Waals surface area contributed by atoms with Crippen LogP contribution in [0.25, 0.3) is 0 Å². The SMILES string of the molecule is NS(=O)(=O)NCC1CCCN(c2ccc(S(=O)(=O)N3CCCCC3)cc2[N+](=O)[O-])C1. The van der Waals surface area contributed by atoms with Gasteiger partial charge < -0.3 is 4.90 Å². The van der Waals surface area contributed by atoms with E-state index in [1.807, 2.05) is 0 Å². The van der Waals surface area contributed by atoms with Gasteiger partial charge >= 0.3 is 0 Å². The molecule has 2 heterocycles. The summed E-state index contributed by atoms with van der Waals surface area (Å²) in [5, 5.41) is 16.7. The van der Waals surface area contributed by atoms with Crippen LogP contribution in [0.5, 0.6) is 0 Å². The summed E-state index contributed by atoms with van der Waals surface area (Å²) in [6.45, 7) is 1.95. The maximum atomic E-state index is 12.9. The molecule has 1 aromatic rings. The van der Waals surface area contributed by atoms with Gasteiger partial charge in [-0.05, 0) is 43.7 Å². The topological polar surface area (TPSA) is 156 Å². The van der Waals surface area contributed by atoms with Gasteiger partial charge in [0.05, 0.1) is 9.82 Å². The maximum Gasteiger partial charge on any atom is 0.293 e. The number of nitro groups is 1. The molecule has 3 N–H and O–H groups in total. The van der Waals surface area contributed by atoms with Crippen LogP contribution in [0.3, 0.4) is 0 Å². The average Bonchev–Trinajstić information content (AvgIpc) is 2.72. The lowest BCUT2D eigenvalue weighted by atomic mass is 9.97. The van der Waals surface area contributed by atoms with E-state index in [1.54, 1.807) is 4.90 Å². The van der Waals surface area contributed by atoms with Gasteiger partial charge in [-0.3, -0.25) is 10.1 Å². The zero-order valence-corrected chi connectivity index (χ0v) is 18.2. The summed E-state index contributed by atoms with van der Waals surface area (Å²) in [7, 11) is -7.59. The Bertz CT molecular complexity index is 992. The van der Waals surface area contributed by atoms with Crippen LogP contribution in [-0.2, 0) is 20.2 Å². The molecule has 0 aliphatic carbocycles. The quantitative estimate of drug-likeness (QED) is 0.449. The molecule has 0 saturated carbocycles. The van der Waals surface area contributed by atoms with Crippen LogP contribution in [0, 0.1) is 16.0 Å². The molecule has 0 bridgehead atoms. The van der Waals surface area contributed by atoms with Gasteiger partial charge in [-0.2, -0.15) is 12.7 Å². The molecule has 168 valence electrons. The third kappa shape index (κ3) is 5.46. The molecule has 13 heteroatoms. The third-order valence-electron chi connectivity index (χ3n) is 5.53. The monoisotopic (exact) mass is 461 g/mol. The van der Waals surface area contributed by atoms with Gasteiger partial charge in [0.15, 0.2) is 0 Å². The van der Waals surface area contributed by atoms with Crippen molar-refractivity contribution in [3.05, 3.63) is 28.3 Å². The fraction of sp³-hybridized carbons (Fsp3) is 0.647. The summed E-state index contributed by atoms with van der Waals surface area (Å²) in [4.78, 5) is 12.9. The zero-order valence-electron chi connectivity index (χ0n) is 16.6. The molecule has 0 spiro atoms. The van der Waals surface area contributed by atoms with Crippen LogP contribution >= 0.6 is 0 Å². The summed E-state index contributed by atoms with van der Waals surface area (Å²) >= 11 is 0. The molecule has 1 aromatic carbocycles. The Morgan fingerprint density at radius 1 is 1.10 bits per heavy atom. The predicted molar refractivity (Wildman–Crippen MR) is 112 cm³/mol. The van der Waals surface area contributed by atoms with Crippen LogP contribution in [-0.4, -0.2) is 58.8 Å². The first-order valence-electron chi connectivity index (χ1n) is 9.89. The molecule has 1 unspecified atom stereocenters. The summed E-state index contributed by atoms with van der Waals surface area (Å²) in [5.74, 6) is -0.0616. The highest BCUT2D eigenvalue weighted by atomic mass is 32.2. The number of piperidine rings is 2. The number of sulfonamides is 1. The Kier molecular flexibility index (Phi) is 6.97. The summed E-state index contributed by atoms with van der Waals surface area (Å²) in [6.07, 6.45) is 4.01. The lowest BCUT2D eigenvalue weighted by Crippen LogP contribution is -2.42. The molecule has 3 rings (SSSR count). The van der Waals surface area contributed by atoms with E-state index < -0.39 is 25.2 Å². The number of nitrogens with one attached hydrogen (secondary N) is 1. The molecule has 1 atom stereocenters. The average molecular weight is 462 g/mol. The Balaban J connectivity index is 1.84. The third-order valence-corrected chi connectivity index (χ3v) is 7.99. The van der Waals surface area contributed by atoms with Crippen molar-refractivity contribution in [3.8, 4) is 0 Å². The fourth-order valence-electron chi connectivity index (χ4n) is 4.02. The van der Waals surface area contributed by atoms with Gasteiger partial charge in [-0.15, -0.1) is 0 Å². The number of rotatable bonds is 7. The smallest absolute Gasteiger partial charge is 0.293 e. The van der Waals surface area contributed by atoms with Crippen molar-refractivity contribution in [2.75, 3.05) is 37.6 Å². The van der Waals surface area contributed by atoms with E-state index in [4.69, 9.17) is 5.14 Å². The summed E-state index contributed by atoms with van der Waals surface area (Å²) in [5.41, 5.74) is 0.0611. The first kappa shape index (κ1) is 22.9. The first-order chi connectivity index (χ1) is 14.1. The second kappa shape index (κ2) is 9.14. The minimum Gasteiger partial charge on any atom is -0.366 e. The van der Waals surface area contributed by atoms with Crippen molar-refractivity contribution in [3.63, 3.8) is 0 Å². The molecule has 2 aliphatic heterocycles. The number of benzene rings is 1. The molecule has 11 nitrogen and oxygen atoms in total. The Morgan fingerprint density at radius 3 is 2.43 bits per heavy atom. The standard InChI is InChI=1S/C17H27N5O6S2/c18-30(27,28)19-12-14-5-4-8-20(13-14)16-7-6-15(11-17(16)22(23)24)29(25,26)21-9-2-1-3-10-21/h6-7,11,14,19H,1-5,8-10,12-13H2,(H2,18,27,28). The van der Waals surface area contributed by atoms with Gasteiger partial charge in [-0.1, -0.05) is 6.42 Å². The second-order valence-electron chi connectivity index (χ2n) is 7.72. The zero-order chi connectivity index (χ0) is 21.9. The fourth-order valence-corrected chi connectivity index (χ4v) is 6.02. The number of nitro benzene ring substituents is 1. The van der Waals surface area contributed by atoms with Crippen LogP contribution in [0.1, 0.15) is 32.1 Å². The van der Waals surface area contributed by atoms with Crippen LogP contribution in [0.4, 0.5) is 11.4 Å². The van der Waals surface area contributed by atoms with Crippen molar-refractivity contribution < 1.29 is 21.8 Å². The molecule has 0 radical (unpaired) electrons. The Labute approximate surface area is 176 Å². The molecule has 2 aliphatic rings. The van der Waals surface area contributed by atoms with E-state index >= 15 is 0 Å². The Morgan fingerprint density at radius 2 is 1.80 bits per heavy atom. The van der Waals surface area contributed by atoms with Gasteiger partial charge in [0.2, 0.25) is 10.0 Å².